The van der Waals surface area contributed by atoms with Gasteiger partial charge in [-0.2, -0.15) is 0 Å². The summed E-state index contributed by atoms with van der Waals surface area (Å²) in [6.45, 7) is 8.80. The molecule has 0 aliphatic rings. The van der Waals surface area contributed by atoms with Gasteiger partial charge in [0.25, 0.3) is 5.91 Å². The van der Waals surface area contributed by atoms with Gasteiger partial charge in [-0.15, -0.1) is 0 Å². The summed E-state index contributed by atoms with van der Waals surface area (Å²) in [5, 5.41) is 0. The monoisotopic (exact) mass is 335 g/mol. The van der Waals surface area contributed by atoms with Crippen LogP contribution in [0.2, 0.25) is 0 Å². The van der Waals surface area contributed by atoms with Crippen molar-refractivity contribution in [2.24, 2.45) is 11.8 Å². The molecule has 1 amide bonds. The van der Waals surface area contributed by atoms with Crippen molar-refractivity contribution in [3.63, 3.8) is 0 Å². The smallest absolute Gasteiger partial charge is 0.310 e. The number of amides is 1. The Labute approximate surface area is 144 Å². The number of esters is 1. The van der Waals surface area contributed by atoms with Crippen molar-refractivity contribution < 1.29 is 19.1 Å². The molecule has 24 heavy (non-hydrogen) atoms. The Morgan fingerprint density at radius 2 is 1.71 bits per heavy atom. The van der Waals surface area contributed by atoms with Crippen molar-refractivity contribution in [3.05, 3.63) is 29.8 Å². The molecule has 0 N–H and O–H groups in total. The van der Waals surface area contributed by atoms with Crippen LogP contribution in [0.25, 0.3) is 0 Å². The summed E-state index contributed by atoms with van der Waals surface area (Å²) in [5.41, 5.74) is 1.22. The number of hydrogen-bond donors (Lipinski definition) is 0. The molecule has 1 aromatic carbocycles. The zero-order valence-corrected chi connectivity index (χ0v) is 15.4. The number of hydrogen-bond acceptors (Lipinski definition) is 4. The minimum atomic E-state index is -0.360. The van der Waals surface area contributed by atoms with Crippen LogP contribution < -0.4 is 4.74 Å². The molecule has 0 heterocycles. The number of rotatable bonds is 9. The number of aryl methyl sites for hydroxylation is 1. The van der Waals surface area contributed by atoms with Gasteiger partial charge in [0.15, 0.2) is 6.61 Å². The van der Waals surface area contributed by atoms with Gasteiger partial charge in [0.2, 0.25) is 0 Å². The lowest BCUT2D eigenvalue weighted by Crippen LogP contribution is -2.41. The van der Waals surface area contributed by atoms with E-state index in [0.29, 0.717) is 24.8 Å². The topological polar surface area (TPSA) is 55.8 Å². The molecular weight excluding hydrogens is 306 g/mol. The van der Waals surface area contributed by atoms with Crippen LogP contribution in [0.4, 0.5) is 0 Å². The molecule has 0 radical (unpaired) electrons. The van der Waals surface area contributed by atoms with Gasteiger partial charge in [-0.3, -0.25) is 9.59 Å². The molecular formula is C19H29NO4. The molecule has 1 aromatic rings. The first-order chi connectivity index (χ1) is 11.4. The second-order valence-corrected chi connectivity index (χ2v) is 6.40. The maximum atomic E-state index is 12.5. The van der Waals surface area contributed by atoms with Crippen LogP contribution in [0.15, 0.2) is 24.3 Å². The molecule has 0 spiro atoms. The number of benzene rings is 1. The van der Waals surface area contributed by atoms with Gasteiger partial charge in [-0.05, 0) is 30.0 Å². The molecule has 5 heteroatoms. The first kappa shape index (κ1) is 20.0. The Hall–Kier alpha value is -2.04. The highest BCUT2D eigenvalue weighted by Gasteiger charge is 2.22. The molecule has 0 aliphatic heterocycles. The molecule has 0 aromatic heterocycles. The highest BCUT2D eigenvalue weighted by molar-refractivity contribution is 5.79. The van der Waals surface area contributed by atoms with Gasteiger partial charge in [-0.1, -0.05) is 39.8 Å². The second kappa shape index (κ2) is 9.96. The fourth-order valence-electron chi connectivity index (χ4n) is 2.38. The van der Waals surface area contributed by atoms with E-state index in [1.54, 1.807) is 11.8 Å². The van der Waals surface area contributed by atoms with E-state index in [4.69, 9.17) is 9.47 Å². The third-order valence-corrected chi connectivity index (χ3v) is 3.73. The Bertz CT molecular complexity index is 525. The number of ether oxygens (including phenoxy) is 2. The summed E-state index contributed by atoms with van der Waals surface area (Å²) in [7, 11) is 1.36. The van der Waals surface area contributed by atoms with E-state index in [-0.39, 0.29) is 24.4 Å². The number of carbonyl (C=O) groups excluding carboxylic acids is 2. The summed E-state index contributed by atoms with van der Waals surface area (Å²) < 4.78 is 10.3. The molecule has 1 rings (SSSR count). The first-order valence-electron chi connectivity index (χ1n) is 8.44. The molecule has 0 saturated heterocycles. The van der Waals surface area contributed by atoms with E-state index >= 15 is 0 Å². The standard InChI is InChI=1S/C19H29NO4/c1-6-16-7-9-17(10-8-16)24-13-18(21)20(11-14(2)3)12-15(4)19(22)23-5/h7-10,14-15H,6,11-13H2,1-5H3. The van der Waals surface area contributed by atoms with E-state index in [9.17, 15) is 9.59 Å². The van der Waals surface area contributed by atoms with Gasteiger partial charge in [0.1, 0.15) is 5.75 Å². The summed E-state index contributed by atoms with van der Waals surface area (Å²) in [6, 6.07) is 7.72. The van der Waals surface area contributed by atoms with Crippen LogP contribution >= 0.6 is 0 Å². The second-order valence-electron chi connectivity index (χ2n) is 6.40. The number of nitrogens with zero attached hydrogens (tertiary/aromatic N) is 1. The highest BCUT2D eigenvalue weighted by atomic mass is 16.5. The lowest BCUT2D eigenvalue weighted by atomic mass is 10.1. The van der Waals surface area contributed by atoms with Crippen LogP contribution in [-0.4, -0.2) is 43.6 Å². The fourth-order valence-corrected chi connectivity index (χ4v) is 2.38. The van der Waals surface area contributed by atoms with Gasteiger partial charge < -0.3 is 14.4 Å². The van der Waals surface area contributed by atoms with E-state index in [1.165, 1.54) is 12.7 Å². The average Bonchev–Trinajstić information content (AvgIpc) is 2.58. The highest BCUT2D eigenvalue weighted by Crippen LogP contribution is 2.13. The predicted octanol–water partition coefficient (Wildman–Crippen LogP) is 2.92. The van der Waals surface area contributed by atoms with Crippen molar-refractivity contribution in [2.75, 3.05) is 26.8 Å². The fraction of sp³-hybridized carbons (Fsp3) is 0.579. The third kappa shape index (κ3) is 6.60. The number of methoxy groups -OCH3 is 1. The minimum Gasteiger partial charge on any atom is -0.484 e. The zero-order chi connectivity index (χ0) is 18.1. The van der Waals surface area contributed by atoms with Crippen LogP contribution in [0.1, 0.15) is 33.3 Å². The van der Waals surface area contributed by atoms with Gasteiger partial charge in [-0.25, -0.2) is 0 Å². The van der Waals surface area contributed by atoms with Crippen LogP contribution in [0.3, 0.4) is 0 Å². The molecule has 0 fully saturated rings. The van der Waals surface area contributed by atoms with Crippen LogP contribution in [0.5, 0.6) is 5.75 Å². The quantitative estimate of drug-likeness (QED) is 0.651. The van der Waals surface area contributed by atoms with E-state index in [2.05, 4.69) is 6.92 Å². The van der Waals surface area contributed by atoms with Crippen molar-refractivity contribution in [1.82, 2.24) is 4.90 Å². The van der Waals surface area contributed by atoms with Crippen LogP contribution in [0, 0.1) is 11.8 Å². The normalized spacial score (nSPS) is 11.9. The van der Waals surface area contributed by atoms with Crippen molar-refractivity contribution in [3.8, 4) is 5.75 Å². The Morgan fingerprint density at radius 3 is 2.21 bits per heavy atom. The SMILES string of the molecule is CCc1ccc(OCC(=O)N(CC(C)C)CC(C)C(=O)OC)cc1. The lowest BCUT2D eigenvalue weighted by molar-refractivity contribution is -0.146. The molecule has 1 unspecified atom stereocenters. The van der Waals surface area contributed by atoms with Crippen LogP contribution in [-0.2, 0) is 20.7 Å². The van der Waals surface area contributed by atoms with Gasteiger partial charge in [0, 0.05) is 13.1 Å². The molecule has 0 bridgehead atoms. The first-order valence-corrected chi connectivity index (χ1v) is 8.44. The van der Waals surface area contributed by atoms with Gasteiger partial charge in [0.05, 0.1) is 13.0 Å². The van der Waals surface area contributed by atoms with Crippen molar-refractivity contribution in [1.29, 1.82) is 0 Å². The van der Waals surface area contributed by atoms with Gasteiger partial charge >= 0.3 is 5.97 Å². The summed E-state index contributed by atoms with van der Waals surface area (Å²) in [6.07, 6.45) is 0.965. The van der Waals surface area contributed by atoms with Crippen molar-refractivity contribution >= 4 is 11.9 Å². The third-order valence-electron chi connectivity index (χ3n) is 3.73. The summed E-state index contributed by atoms with van der Waals surface area (Å²) in [4.78, 5) is 25.7. The molecule has 1 atom stereocenters. The summed E-state index contributed by atoms with van der Waals surface area (Å²) in [5.74, 6) is 0.182. The summed E-state index contributed by atoms with van der Waals surface area (Å²) >= 11 is 0. The molecule has 0 saturated carbocycles. The predicted molar refractivity (Wildman–Crippen MR) is 93.9 cm³/mol. The average molecular weight is 335 g/mol. The molecule has 5 nitrogen and oxygen atoms in total. The van der Waals surface area contributed by atoms with Crippen molar-refractivity contribution in [2.45, 2.75) is 34.1 Å². The Kier molecular flexibility index (Phi) is 8.30. The maximum Gasteiger partial charge on any atom is 0.310 e. The van der Waals surface area contributed by atoms with E-state index in [1.807, 2.05) is 38.1 Å². The molecule has 0 aliphatic carbocycles. The Morgan fingerprint density at radius 1 is 1.08 bits per heavy atom. The van der Waals surface area contributed by atoms with E-state index < -0.39 is 0 Å². The minimum absolute atomic E-state index is 0.0356. The Balaban J connectivity index is 2.64. The zero-order valence-electron chi connectivity index (χ0n) is 15.4. The maximum absolute atomic E-state index is 12.5. The van der Waals surface area contributed by atoms with E-state index in [0.717, 1.165) is 6.42 Å². The molecule has 134 valence electrons. The number of carbonyl (C=O) groups is 2. The largest absolute Gasteiger partial charge is 0.484 e. The lowest BCUT2D eigenvalue weighted by Gasteiger charge is -2.26.